The third-order valence-corrected chi connectivity index (χ3v) is 3.68. The number of Topliss-reactive ketones (excluding diaryl/α,β-unsaturated/α-hetero) is 1. The van der Waals surface area contributed by atoms with Gasteiger partial charge >= 0.3 is 5.97 Å². The molecule has 0 aliphatic heterocycles. The number of rotatable bonds is 8. The van der Waals surface area contributed by atoms with Gasteiger partial charge in [-0.1, -0.05) is 30.3 Å². The maximum absolute atomic E-state index is 12.4. The molecule has 0 fully saturated rings. The first kappa shape index (κ1) is 20.7. The molecule has 1 amide bonds. The van der Waals surface area contributed by atoms with Gasteiger partial charge in [-0.2, -0.15) is 0 Å². The summed E-state index contributed by atoms with van der Waals surface area (Å²) < 4.78 is 15.4. The number of carbonyl (C=O) groups is 3. The highest BCUT2D eigenvalue weighted by Crippen LogP contribution is 2.25. The molecule has 0 heterocycles. The largest absolute Gasteiger partial charge is 0.497 e. The first-order valence-corrected chi connectivity index (χ1v) is 8.41. The van der Waals surface area contributed by atoms with Crippen LogP contribution in [0.3, 0.4) is 0 Å². The van der Waals surface area contributed by atoms with Crippen LogP contribution in [0.25, 0.3) is 6.08 Å². The molecule has 2 aromatic carbocycles. The molecule has 1 N–H and O–H groups in total. The molecule has 7 nitrogen and oxygen atoms in total. The zero-order valence-corrected chi connectivity index (χ0v) is 15.9. The molecule has 0 aliphatic carbocycles. The van der Waals surface area contributed by atoms with Gasteiger partial charge in [0.05, 0.1) is 19.8 Å². The first-order valence-electron chi connectivity index (χ1n) is 8.41. The van der Waals surface area contributed by atoms with Gasteiger partial charge in [0.25, 0.3) is 0 Å². The van der Waals surface area contributed by atoms with Crippen molar-refractivity contribution in [3.8, 4) is 11.5 Å². The normalized spacial score (nSPS) is 10.8. The lowest BCUT2D eigenvalue weighted by Gasteiger charge is -2.11. The van der Waals surface area contributed by atoms with Crippen LogP contribution in [0.1, 0.15) is 22.8 Å². The summed E-state index contributed by atoms with van der Waals surface area (Å²) in [4.78, 5) is 36.2. The van der Waals surface area contributed by atoms with Gasteiger partial charge in [0.1, 0.15) is 17.2 Å². The van der Waals surface area contributed by atoms with Crippen LogP contribution in [0, 0.1) is 0 Å². The highest BCUT2D eigenvalue weighted by molar-refractivity contribution is 6.03. The average Bonchev–Trinajstić information content (AvgIpc) is 2.71. The summed E-state index contributed by atoms with van der Waals surface area (Å²) in [7, 11) is 2.93. The second-order valence-corrected chi connectivity index (χ2v) is 5.72. The number of benzene rings is 2. The number of hydrogen-bond acceptors (Lipinski definition) is 6. The first-order chi connectivity index (χ1) is 13.4. The van der Waals surface area contributed by atoms with E-state index in [4.69, 9.17) is 14.2 Å². The Hall–Kier alpha value is -3.61. The SMILES string of the molecule is COc1ccc(C(=O)COC(=O)/C(=C\c2ccccc2)NC(C)=O)c(OC)c1. The van der Waals surface area contributed by atoms with Crippen molar-refractivity contribution in [2.24, 2.45) is 0 Å². The Morgan fingerprint density at radius 3 is 2.32 bits per heavy atom. The second-order valence-electron chi connectivity index (χ2n) is 5.72. The number of methoxy groups -OCH3 is 2. The molecule has 0 saturated heterocycles. The molecule has 2 rings (SSSR count). The lowest BCUT2D eigenvalue weighted by molar-refractivity contribution is -0.139. The Morgan fingerprint density at radius 2 is 1.71 bits per heavy atom. The van der Waals surface area contributed by atoms with Crippen LogP contribution in [0.2, 0.25) is 0 Å². The Morgan fingerprint density at radius 1 is 1.00 bits per heavy atom. The van der Waals surface area contributed by atoms with Crippen LogP contribution in [0.15, 0.2) is 54.2 Å². The van der Waals surface area contributed by atoms with Crippen LogP contribution in [0.4, 0.5) is 0 Å². The van der Waals surface area contributed by atoms with Gasteiger partial charge in [0.15, 0.2) is 6.61 Å². The summed E-state index contributed by atoms with van der Waals surface area (Å²) in [6, 6.07) is 13.6. The van der Waals surface area contributed by atoms with Gasteiger partial charge in [-0.15, -0.1) is 0 Å². The van der Waals surface area contributed by atoms with E-state index in [2.05, 4.69) is 5.32 Å². The minimum absolute atomic E-state index is 0.0619. The number of hydrogen-bond donors (Lipinski definition) is 1. The van der Waals surface area contributed by atoms with Crippen molar-refractivity contribution in [2.75, 3.05) is 20.8 Å². The van der Waals surface area contributed by atoms with Crippen LogP contribution in [-0.2, 0) is 14.3 Å². The number of carbonyl (C=O) groups excluding carboxylic acids is 3. The smallest absolute Gasteiger partial charge is 0.355 e. The zero-order chi connectivity index (χ0) is 20.5. The summed E-state index contributed by atoms with van der Waals surface area (Å²) in [5, 5.41) is 2.42. The van der Waals surface area contributed by atoms with Gasteiger partial charge in [-0.05, 0) is 23.8 Å². The predicted octanol–water partition coefficient (Wildman–Crippen LogP) is 2.61. The van der Waals surface area contributed by atoms with Crippen molar-refractivity contribution in [3.63, 3.8) is 0 Å². The molecular weight excluding hydrogens is 362 g/mol. The maximum Gasteiger partial charge on any atom is 0.355 e. The standard InChI is InChI=1S/C21H21NO6/c1-14(23)22-18(11-15-7-5-4-6-8-15)21(25)28-13-19(24)17-10-9-16(26-2)12-20(17)27-3/h4-12H,13H2,1-3H3,(H,22,23)/b18-11+. The van der Waals surface area contributed by atoms with E-state index >= 15 is 0 Å². The number of nitrogens with one attached hydrogen (secondary N) is 1. The lowest BCUT2D eigenvalue weighted by atomic mass is 10.1. The topological polar surface area (TPSA) is 90.9 Å². The minimum Gasteiger partial charge on any atom is -0.497 e. The molecule has 0 aromatic heterocycles. The highest BCUT2D eigenvalue weighted by Gasteiger charge is 2.18. The summed E-state index contributed by atoms with van der Waals surface area (Å²) in [6.45, 7) is 0.771. The van der Waals surface area contributed by atoms with Crippen LogP contribution >= 0.6 is 0 Å². The fourth-order valence-corrected chi connectivity index (χ4v) is 2.37. The molecule has 146 valence electrons. The lowest BCUT2D eigenvalue weighted by Crippen LogP contribution is -2.27. The Kier molecular flexibility index (Phi) is 7.33. The molecule has 2 aromatic rings. The van der Waals surface area contributed by atoms with E-state index in [1.165, 1.54) is 33.3 Å². The molecule has 0 atom stereocenters. The van der Waals surface area contributed by atoms with Gasteiger partial charge in [-0.3, -0.25) is 9.59 Å². The van der Waals surface area contributed by atoms with E-state index in [-0.39, 0.29) is 11.3 Å². The number of ether oxygens (including phenoxy) is 3. The van der Waals surface area contributed by atoms with Gasteiger partial charge in [-0.25, -0.2) is 4.79 Å². The van der Waals surface area contributed by atoms with Crippen molar-refractivity contribution in [1.82, 2.24) is 5.32 Å². The van der Waals surface area contributed by atoms with Gasteiger partial charge < -0.3 is 19.5 Å². The second kappa shape index (κ2) is 9.91. The quantitative estimate of drug-likeness (QED) is 0.428. The molecule has 0 radical (unpaired) electrons. The van der Waals surface area contributed by atoms with E-state index in [0.717, 1.165) is 0 Å². The molecular formula is C21H21NO6. The van der Waals surface area contributed by atoms with Crippen LogP contribution in [0.5, 0.6) is 11.5 Å². The molecule has 0 spiro atoms. The fraction of sp³-hybridized carbons (Fsp3) is 0.190. The Bertz CT molecular complexity index is 889. The average molecular weight is 383 g/mol. The van der Waals surface area contributed by atoms with E-state index in [1.807, 2.05) is 6.07 Å². The molecule has 0 saturated carbocycles. The van der Waals surface area contributed by atoms with E-state index < -0.39 is 24.3 Å². The fourth-order valence-electron chi connectivity index (χ4n) is 2.37. The molecule has 0 bridgehead atoms. The van der Waals surface area contributed by atoms with Crippen LogP contribution < -0.4 is 14.8 Å². The van der Waals surface area contributed by atoms with E-state index in [9.17, 15) is 14.4 Å². The molecule has 0 unspecified atom stereocenters. The number of amides is 1. The van der Waals surface area contributed by atoms with Crippen molar-refractivity contribution in [1.29, 1.82) is 0 Å². The third kappa shape index (κ3) is 5.70. The minimum atomic E-state index is -0.820. The van der Waals surface area contributed by atoms with E-state index in [0.29, 0.717) is 17.1 Å². The predicted molar refractivity (Wildman–Crippen MR) is 103 cm³/mol. The Balaban J connectivity index is 2.13. The summed E-state index contributed by atoms with van der Waals surface area (Å²) >= 11 is 0. The zero-order valence-electron chi connectivity index (χ0n) is 15.9. The third-order valence-electron chi connectivity index (χ3n) is 3.68. The van der Waals surface area contributed by atoms with Crippen molar-refractivity contribution >= 4 is 23.7 Å². The number of esters is 1. The van der Waals surface area contributed by atoms with Gasteiger partial charge in [0.2, 0.25) is 11.7 Å². The van der Waals surface area contributed by atoms with Crippen molar-refractivity contribution < 1.29 is 28.6 Å². The van der Waals surface area contributed by atoms with Crippen LogP contribution in [-0.4, -0.2) is 38.5 Å². The Labute approximate surface area is 162 Å². The molecule has 7 heteroatoms. The van der Waals surface area contributed by atoms with E-state index in [1.54, 1.807) is 36.4 Å². The monoisotopic (exact) mass is 383 g/mol. The van der Waals surface area contributed by atoms with Gasteiger partial charge in [0, 0.05) is 13.0 Å². The maximum atomic E-state index is 12.4. The summed E-state index contributed by atoms with van der Waals surface area (Å²) in [5.41, 5.74) is 0.892. The van der Waals surface area contributed by atoms with Crippen molar-refractivity contribution in [2.45, 2.75) is 6.92 Å². The summed E-state index contributed by atoms with van der Waals surface area (Å²) in [6.07, 6.45) is 1.47. The highest BCUT2D eigenvalue weighted by atomic mass is 16.5. The molecule has 0 aliphatic rings. The van der Waals surface area contributed by atoms with Crippen molar-refractivity contribution in [3.05, 3.63) is 65.4 Å². The molecule has 28 heavy (non-hydrogen) atoms. The number of ketones is 1. The summed E-state index contributed by atoms with van der Waals surface area (Å²) in [5.74, 6) is -0.858.